The van der Waals surface area contributed by atoms with E-state index in [2.05, 4.69) is 12.2 Å². The van der Waals surface area contributed by atoms with Crippen LogP contribution in [0.4, 0.5) is 4.39 Å². The van der Waals surface area contributed by atoms with Crippen LogP contribution in [0.3, 0.4) is 0 Å². The van der Waals surface area contributed by atoms with Crippen molar-refractivity contribution in [2.75, 3.05) is 0 Å². The summed E-state index contributed by atoms with van der Waals surface area (Å²) in [6.45, 7) is 1.87. The van der Waals surface area contributed by atoms with Gasteiger partial charge in [-0.2, -0.15) is 0 Å². The summed E-state index contributed by atoms with van der Waals surface area (Å²) in [6, 6.07) is 3.85. The number of ether oxygens (including phenoxy) is 1. The molecule has 0 aromatic heterocycles. The van der Waals surface area contributed by atoms with Gasteiger partial charge in [-0.15, -0.1) is 0 Å². The van der Waals surface area contributed by atoms with Gasteiger partial charge in [-0.05, 0) is 75.0 Å². The molecule has 120 valence electrons. The second-order valence-corrected chi connectivity index (χ2v) is 6.86. The maximum absolute atomic E-state index is 14.5. The van der Waals surface area contributed by atoms with Crippen molar-refractivity contribution in [2.45, 2.75) is 70.8 Å². The van der Waals surface area contributed by atoms with Crippen LogP contribution in [-0.4, -0.2) is 6.10 Å². The number of rotatable bonds is 5. The fourth-order valence-electron chi connectivity index (χ4n) is 3.74. The largest absolute Gasteiger partial charge is 0.487 e. The molecule has 0 bridgehead atoms. The van der Waals surface area contributed by atoms with Crippen molar-refractivity contribution in [3.05, 3.63) is 41.2 Å². The minimum Gasteiger partial charge on any atom is -0.487 e. The molecule has 2 fully saturated rings. The van der Waals surface area contributed by atoms with Gasteiger partial charge in [-0.3, -0.25) is 0 Å². The number of allylic oxidation sites excluding steroid dienone is 2. The lowest BCUT2D eigenvalue weighted by atomic mass is 10.0. The first-order valence-electron chi connectivity index (χ1n) is 8.85. The zero-order valence-corrected chi connectivity index (χ0v) is 13.6. The van der Waals surface area contributed by atoms with E-state index in [9.17, 15) is 4.39 Å². The third-order valence-electron chi connectivity index (χ3n) is 5.20. The Balaban J connectivity index is 1.63. The van der Waals surface area contributed by atoms with Crippen LogP contribution in [0.25, 0.3) is 0 Å². The SMILES string of the molecule is Cc1c(C/C=C/C2CCCC2)ccc(OC2CCCC2)c1F. The fourth-order valence-corrected chi connectivity index (χ4v) is 3.74. The topological polar surface area (TPSA) is 9.23 Å². The fraction of sp³-hybridized carbons (Fsp3) is 0.600. The molecule has 0 amide bonds. The Hall–Kier alpha value is -1.31. The summed E-state index contributed by atoms with van der Waals surface area (Å²) in [7, 11) is 0. The van der Waals surface area contributed by atoms with Crippen LogP contribution in [-0.2, 0) is 6.42 Å². The van der Waals surface area contributed by atoms with Crippen LogP contribution in [0.5, 0.6) is 5.75 Å². The van der Waals surface area contributed by atoms with Gasteiger partial charge in [0.15, 0.2) is 11.6 Å². The van der Waals surface area contributed by atoms with Gasteiger partial charge in [0.1, 0.15) is 0 Å². The van der Waals surface area contributed by atoms with E-state index in [0.29, 0.717) is 5.75 Å². The van der Waals surface area contributed by atoms with Gasteiger partial charge < -0.3 is 4.74 Å². The van der Waals surface area contributed by atoms with Crippen molar-refractivity contribution in [3.8, 4) is 5.75 Å². The predicted molar refractivity (Wildman–Crippen MR) is 88.8 cm³/mol. The van der Waals surface area contributed by atoms with Gasteiger partial charge in [0.2, 0.25) is 0 Å². The van der Waals surface area contributed by atoms with Crippen LogP contribution >= 0.6 is 0 Å². The highest BCUT2D eigenvalue weighted by Gasteiger charge is 2.19. The van der Waals surface area contributed by atoms with Crippen molar-refractivity contribution < 1.29 is 9.13 Å². The van der Waals surface area contributed by atoms with Gasteiger partial charge in [0.25, 0.3) is 0 Å². The highest BCUT2D eigenvalue weighted by molar-refractivity contribution is 5.38. The van der Waals surface area contributed by atoms with Gasteiger partial charge in [0.05, 0.1) is 6.10 Å². The quantitative estimate of drug-likeness (QED) is 0.630. The molecule has 2 saturated carbocycles. The van der Waals surface area contributed by atoms with E-state index in [1.54, 1.807) is 0 Å². The third kappa shape index (κ3) is 3.71. The van der Waals surface area contributed by atoms with Crippen LogP contribution in [0, 0.1) is 18.7 Å². The molecule has 2 heteroatoms. The molecule has 0 radical (unpaired) electrons. The van der Waals surface area contributed by atoms with Crippen molar-refractivity contribution in [3.63, 3.8) is 0 Å². The van der Waals surface area contributed by atoms with E-state index in [1.807, 2.05) is 19.1 Å². The van der Waals surface area contributed by atoms with Gasteiger partial charge >= 0.3 is 0 Å². The number of hydrogen-bond donors (Lipinski definition) is 0. The molecule has 0 saturated heterocycles. The maximum Gasteiger partial charge on any atom is 0.168 e. The van der Waals surface area contributed by atoms with Crippen LogP contribution in [0.1, 0.15) is 62.5 Å². The molecule has 0 aliphatic heterocycles. The molecule has 0 atom stereocenters. The average molecular weight is 302 g/mol. The lowest BCUT2D eigenvalue weighted by molar-refractivity contribution is 0.200. The number of hydrogen-bond acceptors (Lipinski definition) is 1. The molecule has 1 nitrogen and oxygen atoms in total. The first-order chi connectivity index (χ1) is 10.7. The molecular weight excluding hydrogens is 275 g/mol. The summed E-state index contributed by atoms with van der Waals surface area (Å²) in [4.78, 5) is 0. The minimum atomic E-state index is -0.168. The molecule has 2 aliphatic rings. The minimum absolute atomic E-state index is 0.168. The van der Waals surface area contributed by atoms with E-state index in [0.717, 1.165) is 36.3 Å². The van der Waals surface area contributed by atoms with Crippen molar-refractivity contribution in [1.29, 1.82) is 0 Å². The third-order valence-corrected chi connectivity index (χ3v) is 5.20. The Morgan fingerprint density at radius 3 is 2.50 bits per heavy atom. The summed E-state index contributed by atoms with van der Waals surface area (Å²) in [5.41, 5.74) is 1.82. The molecule has 1 aromatic carbocycles. The summed E-state index contributed by atoms with van der Waals surface area (Å²) in [5, 5.41) is 0. The summed E-state index contributed by atoms with van der Waals surface area (Å²) < 4.78 is 20.3. The van der Waals surface area contributed by atoms with Gasteiger partial charge in [0, 0.05) is 0 Å². The Bertz CT molecular complexity index is 523. The molecule has 0 heterocycles. The molecule has 3 rings (SSSR count). The van der Waals surface area contributed by atoms with Crippen molar-refractivity contribution in [2.24, 2.45) is 5.92 Å². The second-order valence-electron chi connectivity index (χ2n) is 6.86. The Morgan fingerprint density at radius 1 is 1.09 bits per heavy atom. The predicted octanol–water partition coefficient (Wildman–Crippen LogP) is 5.74. The maximum atomic E-state index is 14.5. The van der Waals surface area contributed by atoms with Crippen LogP contribution in [0.15, 0.2) is 24.3 Å². The number of halogens is 1. The molecule has 0 unspecified atom stereocenters. The summed E-state index contributed by atoms with van der Waals surface area (Å²) in [5.74, 6) is 1.02. The second kappa shape index (κ2) is 7.30. The first-order valence-corrected chi connectivity index (χ1v) is 8.85. The van der Waals surface area contributed by atoms with E-state index in [-0.39, 0.29) is 11.9 Å². The number of benzene rings is 1. The molecular formula is C20H27FO. The lowest BCUT2D eigenvalue weighted by Gasteiger charge is -2.16. The first kappa shape index (κ1) is 15.6. The Labute approximate surface area is 133 Å². The van der Waals surface area contributed by atoms with E-state index in [4.69, 9.17) is 4.74 Å². The molecule has 0 spiro atoms. The highest BCUT2D eigenvalue weighted by atomic mass is 19.1. The smallest absolute Gasteiger partial charge is 0.168 e. The van der Waals surface area contributed by atoms with Crippen LogP contribution in [0.2, 0.25) is 0 Å². The Kier molecular flexibility index (Phi) is 5.17. The van der Waals surface area contributed by atoms with Crippen molar-refractivity contribution in [1.82, 2.24) is 0 Å². The van der Waals surface area contributed by atoms with Gasteiger partial charge in [-0.25, -0.2) is 4.39 Å². The van der Waals surface area contributed by atoms with E-state index in [1.165, 1.54) is 38.5 Å². The van der Waals surface area contributed by atoms with Crippen molar-refractivity contribution >= 4 is 0 Å². The zero-order chi connectivity index (χ0) is 15.4. The monoisotopic (exact) mass is 302 g/mol. The average Bonchev–Trinajstić information content (AvgIpc) is 3.20. The molecule has 2 aliphatic carbocycles. The summed E-state index contributed by atoms with van der Waals surface area (Å²) in [6.07, 6.45) is 15.5. The zero-order valence-electron chi connectivity index (χ0n) is 13.6. The normalized spacial score (nSPS) is 20.3. The molecule has 22 heavy (non-hydrogen) atoms. The van der Waals surface area contributed by atoms with Gasteiger partial charge in [-0.1, -0.05) is 31.1 Å². The highest BCUT2D eigenvalue weighted by Crippen LogP contribution is 2.29. The van der Waals surface area contributed by atoms with E-state index >= 15 is 0 Å². The van der Waals surface area contributed by atoms with Crippen LogP contribution < -0.4 is 4.74 Å². The molecule has 1 aromatic rings. The standard InChI is InChI=1S/C20H27FO/c1-15-17(10-6-9-16-7-2-3-8-16)13-14-19(20(15)21)22-18-11-4-5-12-18/h6,9,13-14,16,18H,2-5,7-8,10-12H2,1H3/b9-6+. The van der Waals surface area contributed by atoms with E-state index < -0.39 is 0 Å². The summed E-state index contributed by atoms with van der Waals surface area (Å²) >= 11 is 0. The Morgan fingerprint density at radius 2 is 1.77 bits per heavy atom. The lowest BCUT2D eigenvalue weighted by Crippen LogP contribution is -2.12. The molecule has 0 N–H and O–H groups in total.